The molecule has 2 aromatic heterocycles. The summed E-state index contributed by atoms with van der Waals surface area (Å²) in [5.74, 6) is -0.386. The summed E-state index contributed by atoms with van der Waals surface area (Å²) in [6.07, 6.45) is 0.623. The lowest BCUT2D eigenvalue weighted by molar-refractivity contribution is -0.150. The maximum atomic E-state index is 14.1. The Morgan fingerprint density at radius 3 is 2.14 bits per heavy atom. The van der Waals surface area contributed by atoms with E-state index in [1.807, 2.05) is 74.7 Å². The van der Waals surface area contributed by atoms with Gasteiger partial charge in [0.15, 0.2) is 5.66 Å². The van der Waals surface area contributed by atoms with Gasteiger partial charge in [-0.25, -0.2) is 4.79 Å². The maximum absolute atomic E-state index is 14.1. The first-order valence-corrected chi connectivity index (χ1v) is 13.8. The van der Waals surface area contributed by atoms with Crippen LogP contribution in [0.2, 0.25) is 0 Å². The molecule has 4 aromatic rings. The summed E-state index contributed by atoms with van der Waals surface area (Å²) in [6, 6.07) is 28.4. The van der Waals surface area contributed by atoms with Crippen LogP contribution in [0.4, 0.5) is 5.69 Å². The van der Waals surface area contributed by atoms with Crippen LogP contribution in [0, 0.1) is 0 Å². The van der Waals surface area contributed by atoms with Crippen molar-refractivity contribution in [2.45, 2.75) is 44.5 Å². The normalized spacial score (nSPS) is 20.4. The molecule has 1 aliphatic rings. The fraction of sp³-hybridized carbons (Fsp3) is 0.233. The summed E-state index contributed by atoms with van der Waals surface area (Å²) in [5.41, 5.74) is 9.02. The van der Waals surface area contributed by atoms with E-state index in [0.29, 0.717) is 12.0 Å². The molecule has 0 aliphatic carbocycles. The molecule has 0 amide bonds. The van der Waals surface area contributed by atoms with Crippen molar-refractivity contribution in [3.63, 3.8) is 0 Å². The Morgan fingerprint density at radius 2 is 1.56 bits per heavy atom. The Bertz CT molecular complexity index is 1340. The molecule has 4 nitrogen and oxygen atoms in total. The summed E-state index contributed by atoms with van der Waals surface area (Å²) < 4.78 is 6.04. The van der Waals surface area contributed by atoms with Gasteiger partial charge >= 0.3 is 5.97 Å². The van der Waals surface area contributed by atoms with Crippen molar-refractivity contribution in [3.05, 3.63) is 117 Å². The molecule has 2 aromatic carbocycles. The van der Waals surface area contributed by atoms with E-state index in [-0.39, 0.29) is 12.0 Å². The predicted molar refractivity (Wildman–Crippen MR) is 150 cm³/mol. The Kier molecular flexibility index (Phi) is 6.60. The van der Waals surface area contributed by atoms with Crippen LogP contribution >= 0.6 is 22.7 Å². The molecule has 5 rings (SSSR count). The zero-order valence-corrected chi connectivity index (χ0v) is 22.3. The number of thiophene rings is 2. The molecule has 0 spiro atoms. The van der Waals surface area contributed by atoms with E-state index >= 15 is 0 Å². The summed E-state index contributed by atoms with van der Waals surface area (Å²) in [4.78, 5) is 18.4. The van der Waals surface area contributed by atoms with E-state index < -0.39 is 11.3 Å². The lowest BCUT2D eigenvalue weighted by Gasteiger charge is -2.51. The van der Waals surface area contributed by atoms with Gasteiger partial charge in [-0.3, -0.25) is 0 Å². The van der Waals surface area contributed by atoms with Gasteiger partial charge < -0.3 is 15.4 Å². The van der Waals surface area contributed by atoms with Crippen LogP contribution in [0.15, 0.2) is 101 Å². The molecule has 1 aliphatic heterocycles. The highest BCUT2D eigenvalue weighted by atomic mass is 32.1. The average molecular weight is 515 g/mol. The second kappa shape index (κ2) is 9.69. The van der Waals surface area contributed by atoms with E-state index in [2.05, 4.69) is 46.7 Å². The third kappa shape index (κ3) is 4.52. The number of esters is 1. The van der Waals surface area contributed by atoms with Gasteiger partial charge in [-0.1, -0.05) is 60.7 Å². The van der Waals surface area contributed by atoms with Gasteiger partial charge in [-0.05, 0) is 73.4 Å². The standard InChI is InChI=1S/C30H30N2O2S2/c1-29(2,3)34-28(33)27-23(21-12-6-4-7-13-21)20-24(25-16-10-18-35-25)32(22-14-8-5-9-15-22)30(27,31)26-17-11-19-36-26/h4-19,24H,20,31H2,1-3H3. The highest BCUT2D eigenvalue weighted by Gasteiger charge is 2.52. The van der Waals surface area contributed by atoms with E-state index in [1.165, 1.54) is 4.88 Å². The van der Waals surface area contributed by atoms with Gasteiger partial charge in [0.05, 0.1) is 11.6 Å². The van der Waals surface area contributed by atoms with E-state index in [1.54, 1.807) is 22.7 Å². The van der Waals surface area contributed by atoms with Gasteiger partial charge in [0.2, 0.25) is 0 Å². The summed E-state index contributed by atoms with van der Waals surface area (Å²) in [7, 11) is 0. The lowest BCUT2D eigenvalue weighted by atomic mass is 9.79. The minimum Gasteiger partial charge on any atom is -0.456 e. The fourth-order valence-electron chi connectivity index (χ4n) is 4.91. The summed E-state index contributed by atoms with van der Waals surface area (Å²) >= 11 is 3.27. The van der Waals surface area contributed by atoms with Crippen molar-refractivity contribution in [1.82, 2.24) is 0 Å². The highest BCUT2D eigenvalue weighted by Crippen LogP contribution is 2.53. The Morgan fingerprint density at radius 1 is 0.917 bits per heavy atom. The van der Waals surface area contributed by atoms with Crippen LogP contribution in [0.5, 0.6) is 0 Å². The molecular formula is C30H30N2O2S2. The molecule has 6 heteroatoms. The van der Waals surface area contributed by atoms with Gasteiger partial charge in [0.1, 0.15) is 5.60 Å². The van der Waals surface area contributed by atoms with Crippen LogP contribution in [-0.4, -0.2) is 11.6 Å². The summed E-state index contributed by atoms with van der Waals surface area (Å²) in [6.45, 7) is 5.68. The van der Waals surface area contributed by atoms with Gasteiger partial charge in [0, 0.05) is 15.4 Å². The predicted octanol–water partition coefficient (Wildman–Crippen LogP) is 7.37. The number of nitrogens with zero attached hydrogens (tertiary/aromatic N) is 1. The van der Waals surface area contributed by atoms with Crippen LogP contribution in [0.3, 0.4) is 0 Å². The van der Waals surface area contributed by atoms with E-state index in [9.17, 15) is 4.79 Å². The molecule has 3 heterocycles. The zero-order chi connectivity index (χ0) is 25.3. The van der Waals surface area contributed by atoms with Crippen molar-refractivity contribution in [2.24, 2.45) is 5.73 Å². The van der Waals surface area contributed by atoms with Crippen molar-refractivity contribution >= 4 is 39.9 Å². The van der Waals surface area contributed by atoms with Gasteiger partial charge in [0.25, 0.3) is 0 Å². The number of para-hydroxylation sites is 1. The number of hydrogen-bond acceptors (Lipinski definition) is 6. The number of nitrogens with two attached hydrogens (primary N) is 1. The van der Waals surface area contributed by atoms with E-state index in [0.717, 1.165) is 21.7 Å². The minimum absolute atomic E-state index is 0.0686. The molecule has 0 bridgehead atoms. The van der Waals surface area contributed by atoms with Crippen molar-refractivity contribution in [2.75, 3.05) is 4.90 Å². The number of carbonyl (C=O) groups excluding carboxylic acids is 1. The zero-order valence-electron chi connectivity index (χ0n) is 20.7. The Balaban J connectivity index is 1.85. The lowest BCUT2D eigenvalue weighted by Crippen LogP contribution is -2.60. The van der Waals surface area contributed by atoms with Crippen LogP contribution in [-0.2, 0) is 15.2 Å². The number of ether oxygens (including phenoxy) is 1. The second-order valence-corrected chi connectivity index (χ2v) is 11.8. The first-order valence-electron chi connectivity index (χ1n) is 12.0. The minimum atomic E-state index is -1.24. The number of benzene rings is 2. The fourth-order valence-corrected chi connectivity index (χ4v) is 6.57. The number of rotatable bonds is 5. The molecular weight excluding hydrogens is 484 g/mol. The molecule has 0 radical (unpaired) electrons. The molecule has 0 fully saturated rings. The number of anilines is 1. The van der Waals surface area contributed by atoms with Crippen LogP contribution < -0.4 is 10.6 Å². The first-order chi connectivity index (χ1) is 17.3. The summed E-state index contributed by atoms with van der Waals surface area (Å²) in [5, 5.41) is 4.11. The third-order valence-electron chi connectivity index (χ3n) is 6.30. The highest BCUT2D eigenvalue weighted by molar-refractivity contribution is 7.10. The molecule has 2 atom stereocenters. The quantitative estimate of drug-likeness (QED) is 0.283. The Hall–Kier alpha value is -3.19. The van der Waals surface area contributed by atoms with Crippen LogP contribution in [0.25, 0.3) is 5.57 Å². The first kappa shape index (κ1) is 24.5. The molecule has 0 saturated heterocycles. The van der Waals surface area contributed by atoms with Gasteiger partial charge in [-0.2, -0.15) is 0 Å². The maximum Gasteiger partial charge on any atom is 0.339 e. The smallest absolute Gasteiger partial charge is 0.339 e. The average Bonchev–Trinajstić information content (AvgIpc) is 3.58. The molecule has 184 valence electrons. The number of hydrogen-bond donors (Lipinski definition) is 1. The topological polar surface area (TPSA) is 55.6 Å². The molecule has 2 unspecified atom stereocenters. The number of carbonyl (C=O) groups is 1. The van der Waals surface area contributed by atoms with Crippen molar-refractivity contribution in [3.8, 4) is 0 Å². The van der Waals surface area contributed by atoms with Crippen LogP contribution in [0.1, 0.15) is 48.6 Å². The molecule has 2 N–H and O–H groups in total. The third-order valence-corrected chi connectivity index (χ3v) is 8.27. The molecule has 36 heavy (non-hydrogen) atoms. The van der Waals surface area contributed by atoms with Crippen molar-refractivity contribution < 1.29 is 9.53 Å². The van der Waals surface area contributed by atoms with Gasteiger partial charge in [-0.15, -0.1) is 22.7 Å². The van der Waals surface area contributed by atoms with Crippen molar-refractivity contribution in [1.29, 1.82) is 0 Å². The second-order valence-electron chi connectivity index (χ2n) is 9.91. The Labute approximate surface area is 220 Å². The molecule has 0 saturated carbocycles. The monoisotopic (exact) mass is 514 g/mol. The largest absolute Gasteiger partial charge is 0.456 e. The van der Waals surface area contributed by atoms with E-state index in [4.69, 9.17) is 10.5 Å². The SMILES string of the molecule is CC(C)(C)OC(=O)C1=C(c2ccccc2)CC(c2cccs2)N(c2ccccc2)C1(N)c1cccs1.